The number of esters is 1. The van der Waals surface area contributed by atoms with Crippen molar-refractivity contribution in [1.82, 2.24) is 0 Å². The Balaban J connectivity index is 2.44. The Hall–Kier alpha value is -1.04. The summed E-state index contributed by atoms with van der Waals surface area (Å²) in [6, 6.07) is 7.28. The molecule has 2 rings (SSSR count). The Bertz CT molecular complexity index is 627. The number of hydrogen-bond donors (Lipinski definition) is 1. The van der Waals surface area contributed by atoms with E-state index < -0.39 is 5.97 Å². The van der Waals surface area contributed by atoms with Crippen molar-refractivity contribution in [3.8, 4) is 10.4 Å². The van der Waals surface area contributed by atoms with Crippen molar-refractivity contribution in [2.75, 3.05) is 12.3 Å². The number of carbonyl (C=O) groups is 1. The number of nitrogen functional groups attached to an aromatic ring is 1. The smallest absolute Gasteiger partial charge is 0.350 e. The van der Waals surface area contributed by atoms with Gasteiger partial charge in [0.05, 0.1) is 12.3 Å². The van der Waals surface area contributed by atoms with Crippen molar-refractivity contribution in [3.63, 3.8) is 0 Å². The Kier molecular flexibility index (Phi) is 4.50. The van der Waals surface area contributed by atoms with Gasteiger partial charge in [0.25, 0.3) is 0 Å². The lowest BCUT2D eigenvalue weighted by molar-refractivity contribution is 0.0533. The second-order valence-electron chi connectivity index (χ2n) is 3.74. The Morgan fingerprint density at radius 1 is 1.47 bits per heavy atom. The molecule has 1 aromatic heterocycles. The summed E-state index contributed by atoms with van der Waals surface area (Å²) in [4.78, 5) is 13.0. The first-order valence-corrected chi connectivity index (χ1v) is 7.53. The minimum Gasteiger partial charge on any atom is -0.462 e. The van der Waals surface area contributed by atoms with Crippen LogP contribution in [0.5, 0.6) is 0 Å². The van der Waals surface area contributed by atoms with Gasteiger partial charge in [0.1, 0.15) is 4.88 Å². The zero-order valence-electron chi connectivity index (χ0n) is 10.1. The third-order valence-electron chi connectivity index (χ3n) is 2.42. The number of halogens is 2. The highest BCUT2D eigenvalue weighted by atomic mass is 79.9. The number of thiophene rings is 1. The van der Waals surface area contributed by atoms with Crippen molar-refractivity contribution in [2.24, 2.45) is 0 Å². The maximum Gasteiger partial charge on any atom is 0.350 e. The quantitative estimate of drug-likeness (QED) is 0.814. The second kappa shape index (κ2) is 5.94. The lowest BCUT2D eigenvalue weighted by Gasteiger charge is -2.01. The SMILES string of the molecule is CCOC(=O)c1sc(-c2cc(Br)ccc2Cl)cc1N. The van der Waals surface area contributed by atoms with Crippen molar-refractivity contribution in [1.29, 1.82) is 0 Å². The van der Waals surface area contributed by atoms with Gasteiger partial charge in [-0.25, -0.2) is 4.79 Å². The molecule has 3 nitrogen and oxygen atoms in total. The molecular weight excluding hydrogens is 350 g/mol. The summed E-state index contributed by atoms with van der Waals surface area (Å²) in [6.45, 7) is 2.08. The summed E-state index contributed by atoms with van der Waals surface area (Å²) < 4.78 is 5.87. The highest BCUT2D eigenvalue weighted by molar-refractivity contribution is 9.10. The number of rotatable bonds is 3. The van der Waals surface area contributed by atoms with E-state index in [0.29, 0.717) is 22.2 Å². The monoisotopic (exact) mass is 359 g/mol. The van der Waals surface area contributed by atoms with E-state index in [0.717, 1.165) is 14.9 Å². The molecule has 0 unspecified atom stereocenters. The molecule has 0 radical (unpaired) electrons. The molecule has 0 fully saturated rings. The number of anilines is 1. The summed E-state index contributed by atoms with van der Waals surface area (Å²) in [5.74, 6) is -0.401. The van der Waals surface area contributed by atoms with E-state index in [4.69, 9.17) is 22.1 Å². The van der Waals surface area contributed by atoms with Gasteiger partial charge in [0, 0.05) is 19.9 Å². The molecule has 2 N–H and O–H groups in total. The normalized spacial score (nSPS) is 10.5. The second-order valence-corrected chi connectivity index (χ2v) is 6.11. The van der Waals surface area contributed by atoms with Crippen LogP contribution in [0.1, 0.15) is 16.6 Å². The topological polar surface area (TPSA) is 52.3 Å². The van der Waals surface area contributed by atoms with Gasteiger partial charge in [-0.1, -0.05) is 27.5 Å². The molecule has 0 aliphatic rings. The maximum absolute atomic E-state index is 11.7. The first kappa shape index (κ1) is 14.4. The number of nitrogens with two attached hydrogens (primary N) is 1. The zero-order chi connectivity index (χ0) is 14.0. The predicted octanol–water partition coefficient (Wildman–Crippen LogP) is 4.59. The van der Waals surface area contributed by atoms with Crippen molar-refractivity contribution in [3.05, 3.63) is 38.6 Å². The van der Waals surface area contributed by atoms with E-state index in [1.54, 1.807) is 19.1 Å². The molecule has 0 atom stereocenters. The average Bonchev–Trinajstić information content (AvgIpc) is 2.74. The van der Waals surface area contributed by atoms with Crippen molar-refractivity contribution in [2.45, 2.75) is 6.92 Å². The number of benzene rings is 1. The van der Waals surface area contributed by atoms with Gasteiger partial charge in [-0.2, -0.15) is 0 Å². The third kappa shape index (κ3) is 3.11. The standard InChI is InChI=1S/C13H11BrClNO2S/c1-2-18-13(17)12-10(16)6-11(19-12)8-5-7(14)3-4-9(8)15/h3-6H,2,16H2,1H3. The first-order valence-electron chi connectivity index (χ1n) is 5.54. The van der Waals surface area contributed by atoms with Gasteiger partial charge in [0.15, 0.2) is 0 Å². The fourth-order valence-corrected chi connectivity index (χ4v) is 3.22. The highest BCUT2D eigenvalue weighted by Gasteiger charge is 2.17. The van der Waals surface area contributed by atoms with Gasteiger partial charge in [-0.3, -0.25) is 0 Å². The summed E-state index contributed by atoms with van der Waals surface area (Å²) in [6.07, 6.45) is 0. The molecule has 0 aliphatic carbocycles. The molecule has 100 valence electrons. The lowest BCUT2D eigenvalue weighted by Crippen LogP contribution is -2.04. The van der Waals surface area contributed by atoms with Crippen LogP contribution in [0.3, 0.4) is 0 Å². The van der Waals surface area contributed by atoms with E-state index in [-0.39, 0.29) is 0 Å². The van der Waals surface area contributed by atoms with E-state index in [9.17, 15) is 4.79 Å². The molecule has 6 heteroatoms. The Morgan fingerprint density at radius 3 is 2.89 bits per heavy atom. The number of carbonyl (C=O) groups excluding carboxylic acids is 1. The van der Waals surface area contributed by atoms with Crippen LogP contribution in [-0.2, 0) is 4.74 Å². The Morgan fingerprint density at radius 2 is 2.21 bits per heavy atom. The van der Waals surface area contributed by atoms with Crippen LogP contribution in [0.15, 0.2) is 28.7 Å². The van der Waals surface area contributed by atoms with Crippen LogP contribution < -0.4 is 5.73 Å². The molecule has 19 heavy (non-hydrogen) atoms. The molecule has 0 saturated heterocycles. The maximum atomic E-state index is 11.7. The number of hydrogen-bond acceptors (Lipinski definition) is 4. The molecule has 1 aromatic carbocycles. The Labute approximate surface area is 128 Å². The van der Waals surface area contributed by atoms with E-state index in [1.807, 2.05) is 12.1 Å². The summed E-state index contributed by atoms with van der Waals surface area (Å²) in [7, 11) is 0. The van der Waals surface area contributed by atoms with E-state index in [1.165, 1.54) is 11.3 Å². The van der Waals surface area contributed by atoms with Gasteiger partial charge < -0.3 is 10.5 Å². The van der Waals surface area contributed by atoms with Gasteiger partial charge in [-0.05, 0) is 31.2 Å². The summed E-state index contributed by atoms with van der Waals surface area (Å²) in [5, 5.41) is 0.611. The molecule has 0 saturated carbocycles. The lowest BCUT2D eigenvalue weighted by atomic mass is 10.2. The summed E-state index contributed by atoms with van der Waals surface area (Å²) >= 11 is 10.8. The van der Waals surface area contributed by atoms with Crippen LogP contribution in [0.25, 0.3) is 10.4 Å². The highest BCUT2D eigenvalue weighted by Crippen LogP contribution is 2.38. The molecule has 0 bridgehead atoms. The number of ether oxygens (including phenoxy) is 1. The molecule has 0 aliphatic heterocycles. The van der Waals surface area contributed by atoms with Crippen LogP contribution in [0, 0.1) is 0 Å². The molecule has 0 amide bonds. The van der Waals surface area contributed by atoms with E-state index in [2.05, 4.69) is 15.9 Å². The van der Waals surface area contributed by atoms with Crippen molar-refractivity contribution < 1.29 is 9.53 Å². The fourth-order valence-electron chi connectivity index (χ4n) is 1.58. The molecule has 2 aromatic rings. The predicted molar refractivity (Wildman–Crippen MR) is 82.8 cm³/mol. The largest absolute Gasteiger partial charge is 0.462 e. The van der Waals surface area contributed by atoms with Crippen LogP contribution in [0.2, 0.25) is 5.02 Å². The van der Waals surface area contributed by atoms with Crippen LogP contribution in [-0.4, -0.2) is 12.6 Å². The summed E-state index contributed by atoms with van der Waals surface area (Å²) in [5.41, 5.74) is 7.10. The molecule has 1 heterocycles. The van der Waals surface area contributed by atoms with Crippen molar-refractivity contribution >= 4 is 50.5 Å². The minimum absolute atomic E-state index is 0.323. The fraction of sp³-hybridized carbons (Fsp3) is 0.154. The van der Waals surface area contributed by atoms with E-state index >= 15 is 0 Å². The third-order valence-corrected chi connectivity index (χ3v) is 4.40. The van der Waals surface area contributed by atoms with Crippen LogP contribution >= 0.6 is 38.9 Å². The van der Waals surface area contributed by atoms with Gasteiger partial charge in [-0.15, -0.1) is 11.3 Å². The average molecular weight is 361 g/mol. The first-order chi connectivity index (χ1) is 9.02. The zero-order valence-corrected chi connectivity index (χ0v) is 13.2. The minimum atomic E-state index is -0.401. The molecular formula is C13H11BrClNO2S. The molecule has 0 spiro atoms. The van der Waals surface area contributed by atoms with Gasteiger partial charge in [0.2, 0.25) is 0 Å². The van der Waals surface area contributed by atoms with Gasteiger partial charge >= 0.3 is 5.97 Å². The van der Waals surface area contributed by atoms with Crippen LogP contribution in [0.4, 0.5) is 5.69 Å².